The van der Waals surface area contributed by atoms with Gasteiger partial charge in [-0.15, -0.1) is 0 Å². The molecule has 566 valence electrons. The summed E-state index contributed by atoms with van der Waals surface area (Å²) in [4.78, 5) is 72.8. The molecule has 0 saturated carbocycles. The molecule has 0 bridgehead atoms. The topological polar surface area (TPSA) is 237 Å². The molecule has 19 heteroatoms. The lowest BCUT2D eigenvalue weighted by Gasteiger charge is -2.21. The minimum Gasteiger partial charge on any atom is -0.462 e. The monoisotopic (exact) mass is 1420 g/mol. The highest BCUT2D eigenvalue weighted by Crippen LogP contribution is 2.45. The molecule has 0 aliphatic rings. The minimum atomic E-state index is -4.98. The number of hydrogen-bond acceptors (Lipinski definition) is 15. The maximum absolute atomic E-state index is 13.1. The summed E-state index contributed by atoms with van der Waals surface area (Å²) in [5.74, 6) is -2.21. The van der Waals surface area contributed by atoms with Gasteiger partial charge in [-0.05, 0) is 122 Å². The van der Waals surface area contributed by atoms with Crippen molar-refractivity contribution in [1.29, 1.82) is 0 Å². The van der Waals surface area contributed by atoms with Crippen LogP contribution in [0.5, 0.6) is 0 Å². The highest BCUT2D eigenvalue weighted by atomic mass is 31.2. The van der Waals surface area contributed by atoms with Gasteiger partial charge in [0.1, 0.15) is 19.3 Å². The van der Waals surface area contributed by atoms with Crippen LogP contribution in [-0.4, -0.2) is 96.7 Å². The molecular formula is C79H138O17P2. The van der Waals surface area contributed by atoms with E-state index in [1.807, 2.05) is 0 Å². The first-order valence-electron chi connectivity index (χ1n) is 38.5. The molecule has 0 aliphatic heterocycles. The number of hydrogen-bond donors (Lipinski definition) is 3. The van der Waals surface area contributed by atoms with Crippen LogP contribution in [-0.2, 0) is 65.4 Å². The van der Waals surface area contributed by atoms with Crippen LogP contribution in [0.25, 0.3) is 0 Å². The molecule has 3 N–H and O–H groups in total. The molecule has 0 aliphatic carbocycles. The first-order valence-corrected chi connectivity index (χ1v) is 41.5. The minimum absolute atomic E-state index is 0.0756. The zero-order valence-corrected chi connectivity index (χ0v) is 63.5. The molecule has 0 heterocycles. The van der Waals surface area contributed by atoms with Gasteiger partial charge in [0, 0.05) is 25.7 Å². The van der Waals surface area contributed by atoms with E-state index in [4.69, 9.17) is 37.0 Å². The number of aliphatic hydroxyl groups is 1. The molecular weight excluding hydrogens is 1280 g/mol. The third kappa shape index (κ3) is 70.4. The van der Waals surface area contributed by atoms with Crippen LogP contribution in [0.3, 0.4) is 0 Å². The van der Waals surface area contributed by atoms with Crippen LogP contribution in [0, 0.1) is 0 Å². The Bertz CT molecular complexity index is 2240. The fourth-order valence-corrected chi connectivity index (χ4v) is 11.7. The highest BCUT2D eigenvalue weighted by molar-refractivity contribution is 7.47. The van der Waals surface area contributed by atoms with Crippen molar-refractivity contribution in [2.75, 3.05) is 39.6 Å². The van der Waals surface area contributed by atoms with E-state index in [0.29, 0.717) is 25.7 Å². The number of phosphoric acid groups is 2. The van der Waals surface area contributed by atoms with Crippen LogP contribution in [0.2, 0.25) is 0 Å². The lowest BCUT2D eigenvalue weighted by Crippen LogP contribution is -2.30. The van der Waals surface area contributed by atoms with Crippen molar-refractivity contribution in [2.24, 2.45) is 0 Å². The predicted octanol–water partition coefficient (Wildman–Crippen LogP) is 22.0. The number of phosphoric ester groups is 2. The van der Waals surface area contributed by atoms with E-state index in [2.05, 4.69) is 125 Å². The number of unbranched alkanes of at least 4 members (excludes halogenated alkanes) is 30. The molecule has 0 aromatic carbocycles. The van der Waals surface area contributed by atoms with E-state index in [0.717, 1.165) is 186 Å². The second kappa shape index (κ2) is 71.4. The van der Waals surface area contributed by atoms with Crippen LogP contribution in [0.1, 0.15) is 323 Å². The fourth-order valence-electron chi connectivity index (χ4n) is 10.2. The standard InChI is InChI=1S/C79H138O17P2/c1-5-9-13-17-21-25-29-32-34-35-36-37-39-41-45-48-52-56-60-64-77(82)90-70-75(96-79(84)66-62-58-54-50-46-42-38-33-30-26-22-18-14-10-6-2)72-94-98(87,88)92-68-73(80)67-91-97(85,86)93-71-74(95-78(83)65-61-57-53-49-43-28-24-20-16-12-8-4)69-89-76(81)63-59-55-51-47-44-40-31-27-23-19-15-11-7-3/h9,13,15,19,21-22,25-27,31-34,36-38,73-75,80H,5-8,10-12,14,16-18,20,23-24,28-30,35,39-72H2,1-4H3,(H,85,86)(H,87,88)/b13-9-,19-15-,25-21-,26-22-,31-27-,34-32-,37-36-,38-33-. The average molecular weight is 1420 g/mol. The Balaban J connectivity index is 5.34. The van der Waals surface area contributed by atoms with Gasteiger partial charge in [0.25, 0.3) is 0 Å². The molecule has 0 radical (unpaired) electrons. The van der Waals surface area contributed by atoms with Gasteiger partial charge in [0.2, 0.25) is 0 Å². The lowest BCUT2D eigenvalue weighted by atomic mass is 10.1. The van der Waals surface area contributed by atoms with Gasteiger partial charge >= 0.3 is 39.5 Å². The molecule has 17 nitrogen and oxygen atoms in total. The summed E-state index contributed by atoms with van der Waals surface area (Å²) in [6.45, 7) is 4.64. The molecule has 0 fully saturated rings. The molecule has 98 heavy (non-hydrogen) atoms. The predicted molar refractivity (Wildman–Crippen MR) is 399 cm³/mol. The van der Waals surface area contributed by atoms with Crippen molar-refractivity contribution >= 4 is 39.5 Å². The summed E-state index contributed by atoms with van der Waals surface area (Å²) in [7, 11) is -9.95. The number of aliphatic hydroxyl groups excluding tert-OH is 1. The number of carbonyl (C=O) groups excluding carboxylic acids is 4. The number of ether oxygens (including phenoxy) is 4. The van der Waals surface area contributed by atoms with E-state index >= 15 is 0 Å². The maximum Gasteiger partial charge on any atom is 0.472 e. The quantitative estimate of drug-likeness (QED) is 0.0169. The van der Waals surface area contributed by atoms with E-state index in [-0.39, 0.29) is 25.7 Å². The SMILES string of the molecule is CC/C=C\C/C=C\C/C=C\C/C=C\CCCCCCCCC(=O)OCC(COP(=O)(O)OCC(O)COP(=O)(O)OCC(COC(=O)CCCCCCC/C=C\C/C=C\CCC)OC(=O)CCCCCCCCCCCCC)OC(=O)CCCCCCC/C=C\C/C=C\CCCCC. The van der Waals surface area contributed by atoms with Crippen LogP contribution < -0.4 is 0 Å². The van der Waals surface area contributed by atoms with E-state index in [1.165, 1.54) is 57.8 Å². The Morgan fingerprint density at radius 1 is 0.296 bits per heavy atom. The first kappa shape index (κ1) is 94.0. The Kier molecular flexibility index (Phi) is 68.4. The van der Waals surface area contributed by atoms with Crippen LogP contribution >= 0.6 is 15.6 Å². The molecule has 0 rings (SSSR count). The Labute approximate surface area is 595 Å². The smallest absolute Gasteiger partial charge is 0.462 e. The van der Waals surface area contributed by atoms with Crippen molar-refractivity contribution in [3.8, 4) is 0 Å². The normalized spacial score (nSPS) is 14.5. The van der Waals surface area contributed by atoms with Crippen molar-refractivity contribution in [1.82, 2.24) is 0 Å². The van der Waals surface area contributed by atoms with Gasteiger partial charge in [-0.1, -0.05) is 273 Å². The lowest BCUT2D eigenvalue weighted by molar-refractivity contribution is -0.161. The van der Waals surface area contributed by atoms with Gasteiger partial charge < -0.3 is 33.8 Å². The molecule has 0 saturated heterocycles. The van der Waals surface area contributed by atoms with Gasteiger partial charge in [-0.3, -0.25) is 37.3 Å². The zero-order chi connectivity index (χ0) is 71.8. The number of carbonyl (C=O) groups is 4. The van der Waals surface area contributed by atoms with Crippen molar-refractivity contribution in [3.05, 3.63) is 97.2 Å². The summed E-state index contributed by atoms with van der Waals surface area (Å²) in [5, 5.41) is 10.6. The second-order valence-corrected chi connectivity index (χ2v) is 28.5. The Morgan fingerprint density at radius 2 is 0.551 bits per heavy atom. The third-order valence-corrected chi connectivity index (χ3v) is 17.9. The molecule has 0 amide bonds. The largest absolute Gasteiger partial charge is 0.472 e. The summed E-state index contributed by atoms with van der Waals surface area (Å²) in [5.41, 5.74) is 0. The van der Waals surface area contributed by atoms with Gasteiger partial charge in [-0.2, -0.15) is 0 Å². The van der Waals surface area contributed by atoms with Crippen LogP contribution in [0.4, 0.5) is 0 Å². The second-order valence-electron chi connectivity index (χ2n) is 25.6. The summed E-state index contributed by atoms with van der Waals surface area (Å²) in [6, 6.07) is 0. The van der Waals surface area contributed by atoms with Crippen molar-refractivity contribution in [2.45, 2.75) is 341 Å². The van der Waals surface area contributed by atoms with E-state index < -0.39 is 97.5 Å². The Hall–Kier alpha value is -4.02. The Morgan fingerprint density at radius 3 is 0.878 bits per heavy atom. The molecule has 0 aromatic heterocycles. The van der Waals surface area contributed by atoms with Gasteiger partial charge in [-0.25, -0.2) is 9.13 Å². The van der Waals surface area contributed by atoms with E-state index in [9.17, 15) is 43.2 Å². The zero-order valence-electron chi connectivity index (χ0n) is 61.7. The van der Waals surface area contributed by atoms with Crippen molar-refractivity contribution in [3.63, 3.8) is 0 Å². The summed E-state index contributed by atoms with van der Waals surface area (Å²) in [6.07, 6.45) is 73.9. The van der Waals surface area contributed by atoms with E-state index in [1.54, 1.807) is 0 Å². The molecule has 0 aromatic rings. The van der Waals surface area contributed by atoms with Crippen molar-refractivity contribution < 1.29 is 80.2 Å². The molecule has 5 unspecified atom stereocenters. The number of rotatable bonds is 72. The molecule has 0 spiro atoms. The number of esters is 4. The summed E-state index contributed by atoms with van der Waals surface area (Å²) >= 11 is 0. The number of allylic oxidation sites excluding steroid dienone is 16. The maximum atomic E-state index is 13.1. The van der Waals surface area contributed by atoms with Gasteiger partial charge in [0.05, 0.1) is 26.4 Å². The first-order chi connectivity index (χ1) is 47.7. The molecule has 5 atom stereocenters. The van der Waals surface area contributed by atoms with Crippen LogP contribution in [0.15, 0.2) is 97.2 Å². The average Bonchev–Trinajstić information content (AvgIpc) is 0.992. The summed E-state index contributed by atoms with van der Waals surface area (Å²) < 4.78 is 68.4. The fraction of sp³-hybridized carbons (Fsp3) is 0.747. The highest BCUT2D eigenvalue weighted by Gasteiger charge is 2.30. The van der Waals surface area contributed by atoms with Gasteiger partial charge in [0.15, 0.2) is 12.2 Å². The third-order valence-electron chi connectivity index (χ3n) is 16.0.